The van der Waals surface area contributed by atoms with Crippen molar-refractivity contribution in [3.05, 3.63) is 36.0 Å². The van der Waals surface area contributed by atoms with Gasteiger partial charge < -0.3 is 15.0 Å². The van der Waals surface area contributed by atoms with Gasteiger partial charge in [0, 0.05) is 25.4 Å². The molecule has 3 heteroatoms. The minimum absolute atomic E-state index is 0.185. The van der Waals surface area contributed by atoms with E-state index in [4.69, 9.17) is 10.5 Å². The second kappa shape index (κ2) is 7.46. The molecule has 0 aliphatic carbocycles. The molecule has 1 aromatic carbocycles. The first kappa shape index (κ1) is 15.1. The van der Waals surface area contributed by atoms with E-state index in [1.165, 1.54) is 22.9 Å². The molecule has 2 aromatic rings. The zero-order valence-corrected chi connectivity index (χ0v) is 12.6. The van der Waals surface area contributed by atoms with Crippen LogP contribution in [-0.2, 0) is 17.7 Å². The molecule has 0 saturated heterocycles. The number of nitrogens with zero attached hydrogens (tertiary/aromatic N) is 1. The molecule has 0 amide bonds. The Kier molecular flexibility index (Phi) is 5.62. The van der Waals surface area contributed by atoms with Gasteiger partial charge >= 0.3 is 0 Å². The van der Waals surface area contributed by atoms with Gasteiger partial charge in [0.2, 0.25) is 0 Å². The van der Waals surface area contributed by atoms with Crippen LogP contribution in [0.4, 0.5) is 0 Å². The number of hydrogen-bond acceptors (Lipinski definition) is 2. The fourth-order valence-corrected chi connectivity index (χ4v) is 2.55. The molecule has 0 aliphatic heterocycles. The molecule has 0 bridgehead atoms. The number of fused-ring (bicyclic) bond motifs is 1. The third kappa shape index (κ3) is 3.84. The van der Waals surface area contributed by atoms with E-state index < -0.39 is 0 Å². The predicted molar refractivity (Wildman–Crippen MR) is 85.0 cm³/mol. The van der Waals surface area contributed by atoms with Crippen LogP contribution >= 0.6 is 0 Å². The number of unbranched alkanes of at least 4 members (excludes halogenated alkanes) is 1. The third-order valence-corrected chi connectivity index (χ3v) is 3.53. The lowest BCUT2D eigenvalue weighted by Crippen LogP contribution is -2.18. The first-order chi connectivity index (χ1) is 9.72. The number of para-hydroxylation sites is 1. The summed E-state index contributed by atoms with van der Waals surface area (Å²) in [4.78, 5) is 0. The van der Waals surface area contributed by atoms with E-state index in [1.54, 1.807) is 0 Å². The van der Waals surface area contributed by atoms with Crippen molar-refractivity contribution in [1.82, 2.24) is 4.57 Å². The van der Waals surface area contributed by atoms with Crippen molar-refractivity contribution in [2.75, 3.05) is 13.2 Å². The van der Waals surface area contributed by atoms with E-state index in [0.29, 0.717) is 0 Å². The molecule has 2 rings (SSSR count). The monoisotopic (exact) mass is 274 g/mol. The number of nitrogens with two attached hydrogens (primary N) is 1. The van der Waals surface area contributed by atoms with E-state index in [1.807, 2.05) is 0 Å². The maximum absolute atomic E-state index is 5.96. The Morgan fingerprint density at radius 2 is 2.10 bits per heavy atom. The van der Waals surface area contributed by atoms with Gasteiger partial charge in [-0.15, -0.1) is 0 Å². The molecule has 110 valence electrons. The predicted octanol–water partition coefficient (Wildman–Crippen LogP) is 3.35. The number of aromatic nitrogens is 1. The zero-order valence-electron chi connectivity index (χ0n) is 12.6. The van der Waals surface area contributed by atoms with Gasteiger partial charge in [-0.2, -0.15) is 0 Å². The molecule has 0 fully saturated rings. The number of benzene rings is 1. The minimum Gasteiger partial charge on any atom is -0.380 e. The Morgan fingerprint density at radius 1 is 1.25 bits per heavy atom. The highest BCUT2D eigenvalue weighted by molar-refractivity contribution is 5.83. The average Bonchev–Trinajstić information content (AvgIpc) is 2.82. The summed E-state index contributed by atoms with van der Waals surface area (Å²) in [5.74, 6) is 0. The zero-order chi connectivity index (χ0) is 14.4. The summed E-state index contributed by atoms with van der Waals surface area (Å²) in [6.45, 7) is 6.78. The van der Waals surface area contributed by atoms with E-state index in [0.717, 1.165) is 32.6 Å². The molecule has 0 radical (unpaired) electrons. The van der Waals surface area contributed by atoms with Crippen molar-refractivity contribution in [2.45, 2.75) is 45.7 Å². The quantitative estimate of drug-likeness (QED) is 0.750. The van der Waals surface area contributed by atoms with Crippen LogP contribution in [0.15, 0.2) is 30.5 Å². The van der Waals surface area contributed by atoms with Crippen molar-refractivity contribution in [3.63, 3.8) is 0 Å². The molecule has 1 aromatic heterocycles. The number of ether oxygens (including phenoxy) is 1. The Bertz CT molecular complexity index is 531. The van der Waals surface area contributed by atoms with Gasteiger partial charge in [-0.1, -0.05) is 31.5 Å². The highest BCUT2D eigenvalue weighted by atomic mass is 16.5. The first-order valence-corrected chi connectivity index (χ1v) is 7.62. The fourth-order valence-electron chi connectivity index (χ4n) is 2.55. The Morgan fingerprint density at radius 3 is 2.85 bits per heavy atom. The lowest BCUT2D eigenvalue weighted by atomic mass is 10.0. The smallest absolute Gasteiger partial charge is 0.0645 e. The van der Waals surface area contributed by atoms with Crippen molar-refractivity contribution >= 4 is 10.9 Å². The van der Waals surface area contributed by atoms with Crippen LogP contribution < -0.4 is 5.73 Å². The van der Waals surface area contributed by atoms with Crippen LogP contribution in [0.2, 0.25) is 0 Å². The molecule has 0 spiro atoms. The minimum atomic E-state index is 0.185. The van der Waals surface area contributed by atoms with Crippen molar-refractivity contribution < 1.29 is 4.74 Å². The summed E-state index contributed by atoms with van der Waals surface area (Å²) in [5, 5.41) is 1.29. The van der Waals surface area contributed by atoms with E-state index in [-0.39, 0.29) is 6.04 Å². The van der Waals surface area contributed by atoms with E-state index >= 15 is 0 Å². The molecule has 3 nitrogen and oxygen atoms in total. The van der Waals surface area contributed by atoms with Crippen molar-refractivity contribution in [3.8, 4) is 0 Å². The van der Waals surface area contributed by atoms with Gasteiger partial charge in [0.1, 0.15) is 0 Å². The summed E-state index contributed by atoms with van der Waals surface area (Å²) in [5.41, 5.74) is 8.59. The van der Waals surface area contributed by atoms with Gasteiger partial charge in [-0.05, 0) is 36.8 Å². The first-order valence-electron chi connectivity index (χ1n) is 7.62. The third-order valence-electron chi connectivity index (χ3n) is 3.53. The van der Waals surface area contributed by atoms with Gasteiger partial charge in [0.15, 0.2) is 0 Å². The van der Waals surface area contributed by atoms with Gasteiger partial charge in [-0.25, -0.2) is 0 Å². The lowest BCUT2D eigenvalue weighted by molar-refractivity contribution is 0.124. The van der Waals surface area contributed by atoms with Crippen LogP contribution in [-0.4, -0.2) is 23.8 Å². The van der Waals surface area contributed by atoms with Gasteiger partial charge in [0.05, 0.1) is 12.1 Å². The summed E-state index contributed by atoms with van der Waals surface area (Å²) in [6.07, 6.45) is 5.39. The molecule has 1 heterocycles. The topological polar surface area (TPSA) is 40.2 Å². The maximum atomic E-state index is 5.96. The molecule has 2 N–H and O–H groups in total. The summed E-state index contributed by atoms with van der Waals surface area (Å²) in [7, 11) is 0. The summed E-state index contributed by atoms with van der Waals surface area (Å²) in [6, 6.07) is 8.81. The highest BCUT2D eigenvalue weighted by Crippen LogP contribution is 2.21. The molecule has 0 saturated carbocycles. The molecule has 20 heavy (non-hydrogen) atoms. The van der Waals surface area contributed by atoms with Crippen molar-refractivity contribution in [1.29, 1.82) is 0 Å². The summed E-state index contributed by atoms with van der Waals surface area (Å²) >= 11 is 0. The van der Waals surface area contributed by atoms with Crippen LogP contribution in [0.3, 0.4) is 0 Å². The molecular weight excluding hydrogens is 248 g/mol. The lowest BCUT2D eigenvalue weighted by Gasteiger charge is -2.12. The van der Waals surface area contributed by atoms with Crippen molar-refractivity contribution in [2.24, 2.45) is 5.73 Å². The largest absolute Gasteiger partial charge is 0.380 e. The van der Waals surface area contributed by atoms with E-state index in [2.05, 4.69) is 48.9 Å². The maximum Gasteiger partial charge on any atom is 0.0645 e. The number of rotatable bonds is 8. The average molecular weight is 274 g/mol. The second-order valence-corrected chi connectivity index (χ2v) is 5.51. The van der Waals surface area contributed by atoms with Crippen LogP contribution in [0.1, 0.15) is 32.3 Å². The molecule has 1 atom stereocenters. The SMILES string of the molecule is CCCCOCCn1ccc2cccc(CC(C)N)c21. The van der Waals surface area contributed by atoms with E-state index in [9.17, 15) is 0 Å². The second-order valence-electron chi connectivity index (χ2n) is 5.51. The standard InChI is InChI=1S/C17H26N2O/c1-3-4-11-20-12-10-19-9-8-15-6-5-7-16(17(15)19)13-14(2)18/h5-9,14H,3-4,10-13,18H2,1-2H3. The Labute approximate surface area is 121 Å². The Balaban J connectivity index is 2.08. The van der Waals surface area contributed by atoms with Gasteiger partial charge in [0.25, 0.3) is 0 Å². The molecule has 1 unspecified atom stereocenters. The molecular formula is C17H26N2O. The summed E-state index contributed by atoms with van der Waals surface area (Å²) < 4.78 is 7.96. The number of hydrogen-bond donors (Lipinski definition) is 1. The van der Waals surface area contributed by atoms with Crippen LogP contribution in [0.25, 0.3) is 10.9 Å². The van der Waals surface area contributed by atoms with Crippen LogP contribution in [0.5, 0.6) is 0 Å². The highest BCUT2D eigenvalue weighted by Gasteiger charge is 2.08. The molecule has 0 aliphatic rings. The van der Waals surface area contributed by atoms with Crippen LogP contribution in [0, 0.1) is 0 Å². The fraction of sp³-hybridized carbons (Fsp3) is 0.529. The normalized spacial score (nSPS) is 12.9. The Hall–Kier alpha value is -1.32. The van der Waals surface area contributed by atoms with Gasteiger partial charge in [-0.3, -0.25) is 0 Å².